The van der Waals surface area contributed by atoms with E-state index in [2.05, 4.69) is 13.8 Å². The highest BCUT2D eigenvalue weighted by molar-refractivity contribution is 6.04. The summed E-state index contributed by atoms with van der Waals surface area (Å²) in [5.74, 6) is -2.15. The Hall–Kier alpha value is -3.00. The molecular formula is C32H40O8. The summed E-state index contributed by atoms with van der Waals surface area (Å²) in [6.45, 7) is 10.9. The second-order valence-electron chi connectivity index (χ2n) is 13.0. The van der Waals surface area contributed by atoms with Crippen molar-refractivity contribution in [3.05, 3.63) is 47.5 Å². The zero-order chi connectivity index (χ0) is 29.1. The van der Waals surface area contributed by atoms with Crippen LogP contribution < -0.4 is 0 Å². The highest BCUT2D eigenvalue weighted by atomic mass is 16.6. The van der Waals surface area contributed by atoms with Gasteiger partial charge in [0, 0.05) is 32.6 Å². The lowest BCUT2D eigenvalue weighted by Crippen LogP contribution is -2.66. The van der Waals surface area contributed by atoms with Crippen molar-refractivity contribution in [3.63, 3.8) is 0 Å². The monoisotopic (exact) mass is 552 g/mol. The topological polar surface area (TPSA) is 108 Å². The van der Waals surface area contributed by atoms with Gasteiger partial charge in [0.15, 0.2) is 5.60 Å². The van der Waals surface area contributed by atoms with Crippen molar-refractivity contribution < 1.29 is 38.1 Å². The Morgan fingerprint density at radius 1 is 1.05 bits per heavy atom. The van der Waals surface area contributed by atoms with Crippen molar-refractivity contribution in [1.82, 2.24) is 0 Å². The molecule has 2 saturated carbocycles. The summed E-state index contributed by atoms with van der Waals surface area (Å²) < 4.78 is 24.4. The lowest BCUT2D eigenvalue weighted by molar-refractivity contribution is -0.227. The fourth-order valence-electron chi connectivity index (χ4n) is 7.63. The van der Waals surface area contributed by atoms with Gasteiger partial charge in [-0.25, -0.2) is 0 Å². The van der Waals surface area contributed by atoms with Crippen LogP contribution in [-0.4, -0.2) is 53.2 Å². The molecule has 0 aromatic heterocycles. The number of allylic oxidation sites excluding steroid dienone is 1. The third-order valence-electron chi connectivity index (χ3n) is 9.70. The molecule has 1 saturated heterocycles. The summed E-state index contributed by atoms with van der Waals surface area (Å²) in [7, 11) is 0. The van der Waals surface area contributed by atoms with Crippen molar-refractivity contribution >= 4 is 23.7 Å². The highest BCUT2D eigenvalue weighted by Gasteiger charge is 2.76. The lowest BCUT2D eigenvalue weighted by atomic mass is 9.72. The molecule has 1 aromatic rings. The van der Waals surface area contributed by atoms with Crippen LogP contribution in [0.4, 0.5) is 0 Å². The van der Waals surface area contributed by atoms with Gasteiger partial charge in [0.1, 0.15) is 6.10 Å². The Balaban J connectivity index is 1.64. The van der Waals surface area contributed by atoms with E-state index in [-0.39, 0.29) is 30.6 Å². The molecular weight excluding hydrogens is 512 g/mol. The first-order valence-electron chi connectivity index (χ1n) is 14.2. The number of fused-ring (bicyclic) bond motifs is 2. The minimum Gasteiger partial charge on any atom is -0.457 e. The van der Waals surface area contributed by atoms with E-state index in [1.54, 1.807) is 6.92 Å². The van der Waals surface area contributed by atoms with Crippen molar-refractivity contribution in [1.29, 1.82) is 0 Å². The van der Waals surface area contributed by atoms with E-state index in [0.717, 1.165) is 12.0 Å². The Labute approximate surface area is 235 Å². The van der Waals surface area contributed by atoms with Gasteiger partial charge in [-0.05, 0) is 48.2 Å². The molecule has 216 valence electrons. The molecule has 1 aliphatic heterocycles. The van der Waals surface area contributed by atoms with Crippen LogP contribution in [0.1, 0.15) is 72.8 Å². The van der Waals surface area contributed by atoms with Crippen molar-refractivity contribution in [3.8, 4) is 0 Å². The average Bonchev–Trinajstić information content (AvgIpc) is 3.72. The number of carbonyl (C=O) groups excluding carboxylic acids is 4. The zero-order valence-electron chi connectivity index (χ0n) is 24.3. The van der Waals surface area contributed by atoms with Crippen molar-refractivity contribution in [2.45, 2.75) is 96.6 Å². The first kappa shape index (κ1) is 28.5. The first-order valence-corrected chi connectivity index (χ1v) is 14.2. The van der Waals surface area contributed by atoms with Gasteiger partial charge in [0.2, 0.25) is 11.4 Å². The molecule has 0 radical (unpaired) electrons. The third-order valence-corrected chi connectivity index (χ3v) is 9.70. The Kier molecular flexibility index (Phi) is 7.01. The van der Waals surface area contributed by atoms with Crippen LogP contribution in [-0.2, 0) is 44.5 Å². The number of epoxide rings is 1. The van der Waals surface area contributed by atoms with E-state index in [1.807, 2.05) is 43.3 Å². The lowest BCUT2D eigenvalue weighted by Gasteiger charge is -2.46. The summed E-state index contributed by atoms with van der Waals surface area (Å²) in [5.41, 5.74) is -3.06. The Morgan fingerprint density at radius 3 is 2.30 bits per heavy atom. The van der Waals surface area contributed by atoms with Gasteiger partial charge < -0.3 is 18.9 Å². The molecule has 4 aliphatic rings. The number of hydrogen-bond acceptors (Lipinski definition) is 8. The third kappa shape index (κ3) is 4.78. The van der Waals surface area contributed by atoms with Crippen molar-refractivity contribution in [2.75, 3.05) is 6.61 Å². The molecule has 7 unspecified atom stereocenters. The van der Waals surface area contributed by atoms with Crippen LogP contribution in [0, 0.1) is 23.2 Å². The maximum absolute atomic E-state index is 14.6. The van der Waals surface area contributed by atoms with Gasteiger partial charge in [-0.2, -0.15) is 0 Å². The molecule has 5 rings (SSSR count). The second kappa shape index (κ2) is 9.82. The fraction of sp³-hybridized carbons (Fsp3) is 0.625. The van der Waals surface area contributed by atoms with Crippen LogP contribution in [0.2, 0.25) is 0 Å². The van der Waals surface area contributed by atoms with Gasteiger partial charge in [-0.3, -0.25) is 19.2 Å². The standard InChI is InChI=1S/C32H40O8/c1-19-14-25-24(29(25,5)6)12-13-30(18-37-30)17-32(40-22(4)34)28(38-26(35)15-23-10-8-7-9-11-23)20(2)16-31(32,27(19)36)39-21(3)33/h7-11,14,20,24-25,28H,12-13,15-18H2,1-6H3. The predicted octanol–water partition coefficient (Wildman–Crippen LogP) is 4.53. The average molecular weight is 553 g/mol. The highest BCUT2D eigenvalue weighted by Crippen LogP contribution is 2.64. The number of Topliss-reactive ketones (excluding diaryl/α,β-unsaturated/α-hetero) is 1. The normalized spacial score (nSPS) is 37.8. The SMILES string of the molecule is CC(=O)OC12CC(C)C(OC(=O)Cc3ccccc3)C1(OC(C)=O)CC1(CCC3C(C=C(C)C2=O)C3(C)C)CO1. The van der Waals surface area contributed by atoms with E-state index >= 15 is 0 Å². The maximum atomic E-state index is 14.6. The Bertz CT molecular complexity index is 1240. The number of hydrogen-bond donors (Lipinski definition) is 0. The number of esters is 3. The summed E-state index contributed by atoms with van der Waals surface area (Å²) in [5, 5.41) is 0. The number of ether oxygens (including phenoxy) is 4. The molecule has 0 amide bonds. The number of carbonyl (C=O) groups is 4. The molecule has 0 N–H and O–H groups in total. The molecule has 1 aromatic carbocycles. The summed E-state index contributed by atoms with van der Waals surface area (Å²) in [4.78, 5) is 53.4. The summed E-state index contributed by atoms with van der Waals surface area (Å²) >= 11 is 0. The van der Waals surface area contributed by atoms with Crippen molar-refractivity contribution in [2.24, 2.45) is 23.2 Å². The van der Waals surface area contributed by atoms with Crippen LogP contribution in [0.3, 0.4) is 0 Å². The van der Waals surface area contributed by atoms with Gasteiger partial charge in [0.25, 0.3) is 0 Å². The molecule has 40 heavy (non-hydrogen) atoms. The zero-order valence-corrected chi connectivity index (χ0v) is 24.3. The minimum absolute atomic E-state index is 0.00768. The van der Waals surface area contributed by atoms with Crippen LogP contribution in [0.5, 0.6) is 0 Å². The summed E-state index contributed by atoms with van der Waals surface area (Å²) in [6.07, 6.45) is 2.65. The van der Waals surface area contributed by atoms with Gasteiger partial charge in [-0.1, -0.05) is 57.2 Å². The van der Waals surface area contributed by atoms with E-state index in [1.165, 1.54) is 13.8 Å². The maximum Gasteiger partial charge on any atom is 0.310 e. The predicted molar refractivity (Wildman–Crippen MR) is 145 cm³/mol. The molecule has 8 nitrogen and oxygen atoms in total. The van der Waals surface area contributed by atoms with E-state index in [0.29, 0.717) is 24.5 Å². The van der Waals surface area contributed by atoms with Gasteiger partial charge >= 0.3 is 17.9 Å². The first-order chi connectivity index (χ1) is 18.8. The molecule has 7 atom stereocenters. The quantitative estimate of drug-likeness (QED) is 0.298. The van der Waals surface area contributed by atoms with Gasteiger partial charge in [0.05, 0.1) is 18.6 Å². The largest absolute Gasteiger partial charge is 0.457 e. The Morgan fingerprint density at radius 2 is 1.70 bits per heavy atom. The molecule has 1 heterocycles. The number of ketones is 1. The van der Waals surface area contributed by atoms with Crippen LogP contribution in [0.25, 0.3) is 0 Å². The smallest absolute Gasteiger partial charge is 0.310 e. The molecule has 3 aliphatic carbocycles. The van der Waals surface area contributed by atoms with E-state index in [4.69, 9.17) is 18.9 Å². The minimum atomic E-state index is -1.87. The second-order valence-corrected chi connectivity index (χ2v) is 13.0. The number of benzene rings is 1. The summed E-state index contributed by atoms with van der Waals surface area (Å²) in [6, 6.07) is 9.20. The molecule has 1 spiro atoms. The van der Waals surface area contributed by atoms with Crippen LogP contribution >= 0.6 is 0 Å². The fourth-order valence-corrected chi connectivity index (χ4v) is 7.63. The number of rotatable bonds is 5. The van der Waals surface area contributed by atoms with Crippen LogP contribution in [0.15, 0.2) is 42.0 Å². The van der Waals surface area contributed by atoms with E-state index < -0.39 is 52.5 Å². The molecule has 8 heteroatoms. The molecule has 3 fully saturated rings. The van der Waals surface area contributed by atoms with Gasteiger partial charge in [-0.15, -0.1) is 0 Å². The van der Waals surface area contributed by atoms with E-state index in [9.17, 15) is 19.2 Å². The molecule has 0 bridgehead atoms.